The first-order valence-electron chi connectivity index (χ1n) is 6.85. The quantitative estimate of drug-likeness (QED) is 0.726. The zero-order chi connectivity index (χ0) is 15.4. The van der Waals surface area contributed by atoms with Crippen molar-refractivity contribution in [3.63, 3.8) is 0 Å². The first-order valence-corrected chi connectivity index (χ1v) is 7.23. The molecule has 0 heterocycles. The van der Waals surface area contributed by atoms with Crippen LogP contribution in [0, 0.1) is 0 Å². The molecule has 0 atom stereocenters. The second kappa shape index (κ2) is 6.80. The molecule has 1 aromatic rings. The van der Waals surface area contributed by atoms with Crippen molar-refractivity contribution in [2.45, 2.75) is 25.8 Å². The molecule has 114 valence electrons. The van der Waals surface area contributed by atoms with Gasteiger partial charge < -0.3 is 14.4 Å². The summed E-state index contributed by atoms with van der Waals surface area (Å²) in [5, 5.41) is 0.249. The maximum Gasteiger partial charge on any atom is 0.260 e. The molecule has 2 rings (SSSR count). The van der Waals surface area contributed by atoms with E-state index in [1.54, 1.807) is 4.90 Å². The predicted octanol–water partition coefficient (Wildman–Crippen LogP) is 2.55. The summed E-state index contributed by atoms with van der Waals surface area (Å²) in [6.07, 6.45) is 2.78. The lowest BCUT2D eigenvalue weighted by molar-refractivity contribution is -0.133. The van der Waals surface area contributed by atoms with E-state index in [0.29, 0.717) is 30.2 Å². The number of aldehydes is 1. The van der Waals surface area contributed by atoms with Gasteiger partial charge in [-0.15, -0.1) is 0 Å². The Bertz CT molecular complexity index is 543. The van der Waals surface area contributed by atoms with Crippen molar-refractivity contribution in [1.82, 2.24) is 4.90 Å². The van der Waals surface area contributed by atoms with Gasteiger partial charge in [-0.05, 0) is 31.9 Å². The van der Waals surface area contributed by atoms with Gasteiger partial charge in [0.25, 0.3) is 5.91 Å². The minimum atomic E-state index is -0.0964. The Hall–Kier alpha value is -1.75. The number of methoxy groups -OCH3 is 1. The van der Waals surface area contributed by atoms with Crippen LogP contribution in [0.1, 0.15) is 30.1 Å². The highest BCUT2D eigenvalue weighted by molar-refractivity contribution is 6.32. The van der Waals surface area contributed by atoms with Crippen LogP contribution in [-0.4, -0.2) is 43.4 Å². The standard InChI is InChI=1S/C15H18ClNO4/c1-3-17(11-4-5-11)14(19)9-21-15-12(16)6-10(8-18)7-13(15)20-2/h6-8,11H,3-5,9H2,1-2H3. The number of amides is 1. The van der Waals surface area contributed by atoms with Gasteiger partial charge in [0.15, 0.2) is 18.1 Å². The number of nitrogens with zero attached hydrogens (tertiary/aromatic N) is 1. The van der Waals surface area contributed by atoms with Gasteiger partial charge in [-0.25, -0.2) is 0 Å². The minimum Gasteiger partial charge on any atom is -0.493 e. The van der Waals surface area contributed by atoms with Gasteiger partial charge in [-0.3, -0.25) is 9.59 Å². The van der Waals surface area contributed by atoms with E-state index in [-0.39, 0.29) is 23.3 Å². The molecular formula is C15H18ClNO4. The van der Waals surface area contributed by atoms with Crippen molar-refractivity contribution in [2.75, 3.05) is 20.3 Å². The summed E-state index contributed by atoms with van der Waals surface area (Å²) in [6.45, 7) is 2.52. The fourth-order valence-corrected chi connectivity index (χ4v) is 2.46. The van der Waals surface area contributed by atoms with Crippen LogP contribution in [0.15, 0.2) is 12.1 Å². The number of benzene rings is 1. The van der Waals surface area contributed by atoms with Crippen LogP contribution in [0.2, 0.25) is 5.02 Å². The van der Waals surface area contributed by atoms with Crippen LogP contribution < -0.4 is 9.47 Å². The molecule has 1 fully saturated rings. The predicted molar refractivity (Wildman–Crippen MR) is 79.3 cm³/mol. The van der Waals surface area contributed by atoms with E-state index >= 15 is 0 Å². The molecule has 0 saturated heterocycles. The van der Waals surface area contributed by atoms with Gasteiger partial charge >= 0.3 is 0 Å². The van der Waals surface area contributed by atoms with E-state index in [0.717, 1.165) is 12.8 Å². The first kappa shape index (κ1) is 15.6. The molecular weight excluding hydrogens is 294 g/mol. The summed E-state index contributed by atoms with van der Waals surface area (Å²) in [7, 11) is 1.46. The summed E-state index contributed by atoms with van der Waals surface area (Å²) in [6, 6.07) is 3.35. The molecule has 0 N–H and O–H groups in total. The number of likely N-dealkylation sites (N-methyl/N-ethyl adjacent to an activating group) is 1. The molecule has 1 aliphatic rings. The second-order valence-electron chi connectivity index (χ2n) is 4.85. The zero-order valence-electron chi connectivity index (χ0n) is 12.1. The highest BCUT2D eigenvalue weighted by Gasteiger charge is 2.31. The van der Waals surface area contributed by atoms with Crippen LogP contribution >= 0.6 is 11.6 Å². The van der Waals surface area contributed by atoms with Crippen LogP contribution in [0.5, 0.6) is 11.5 Å². The molecule has 1 amide bonds. The highest BCUT2D eigenvalue weighted by Crippen LogP contribution is 2.36. The summed E-state index contributed by atoms with van der Waals surface area (Å²) in [5.74, 6) is 0.550. The molecule has 0 spiro atoms. The average Bonchev–Trinajstić information content (AvgIpc) is 3.30. The Balaban J connectivity index is 2.08. The normalized spacial score (nSPS) is 13.7. The Morgan fingerprint density at radius 2 is 2.19 bits per heavy atom. The van der Waals surface area contributed by atoms with E-state index in [4.69, 9.17) is 21.1 Å². The third-order valence-corrected chi connectivity index (χ3v) is 3.66. The van der Waals surface area contributed by atoms with Crippen molar-refractivity contribution in [3.8, 4) is 11.5 Å². The number of halogens is 1. The Morgan fingerprint density at radius 1 is 1.48 bits per heavy atom. The number of rotatable bonds is 7. The fraction of sp³-hybridized carbons (Fsp3) is 0.467. The summed E-state index contributed by atoms with van der Waals surface area (Å²) in [5.41, 5.74) is 0.392. The summed E-state index contributed by atoms with van der Waals surface area (Å²) < 4.78 is 10.7. The monoisotopic (exact) mass is 311 g/mol. The maximum absolute atomic E-state index is 12.1. The SMILES string of the molecule is CCN(C(=O)COc1c(Cl)cc(C=O)cc1OC)C1CC1. The summed E-state index contributed by atoms with van der Waals surface area (Å²) >= 11 is 6.08. The molecule has 0 bridgehead atoms. The molecule has 1 aromatic carbocycles. The van der Waals surface area contributed by atoms with E-state index in [9.17, 15) is 9.59 Å². The third kappa shape index (κ3) is 3.67. The molecule has 6 heteroatoms. The van der Waals surface area contributed by atoms with E-state index in [1.807, 2.05) is 6.92 Å². The van der Waals surface area contributed by atoms with Crippen molar-refractivity contribution in [3.05, 3.63) is 22.7 Å². The van der Waals surface area contributed by atoms with Gasteiger partial charge in [0.05, 0.1) is 12.1 Å². The van der Waals surface area contributed by atoms with Gasteiger partial charge in [-0.1, -0.05) is 11.6 Å². The van der Waals surface area contributed by atoms with Crippen LogP contribution in [0.25, 0.3) is 0 Å². The van der Waals surface area contributed by atoms with E-state index in [1.165, 1.54) is 19.2 Å². The fourth-order valence-electron chi connectivity index (χ4n) is 2.19. The molecule has 0 aliphatic heterocycles. The Kier molecular flexibility index (Phi) is 5.07. The number of hydrogen-bond donors (Lipinski definition) is 0. The van der Waals surface area contributed by atoms with Gasteiger partial charge in [0.2, 0.25) is 0 Å². The molecule has 0 radical (unpaired) electrons. The Morgan fingerprint density at radius 3 is 2.71 bits per heavy atom. The molecule has 1 aliphatic carbocycles. The minimum absolute atomic E-state index is 0.0717. The lowest BCUT2D eigenvalue weighted by atomic mass is 10.2. The summed E-state index contributed by atoms with van der Waals surface area (Å²) in [4.78, 5) is 24.7. The lowest BCUT2D eigenvalue weighted by Crippen LogP contribution is -2.36. The number of hydrogen-bond acceptors (Lipinski definition) is 4. The van der Waals surface area contributed by atoms with Crippen molar-refractivity contribution >= 4 is 23.8 Å². The molecule has 5 nitrogen and oxygen atoms in total. The van der Waals surface area contributed by atoms with Crippen LogP contribution in [0.4, 0.5) is 0 Å². The molecule has 0 unspecified atom stereocenters. The molecule has 1 saturated carbocycles. The topological polar surface area (TPSA) is 55.8 Å². The van der Waals surface area contributed by atoms with Gasteiger partial charge in [-0.2, -0.15) is 0 Å². The van der Waals surface area contributed by atoms with Crippen molar-refractivity contribution < 1.29 is 19.1 Å². The van der Waals surface area contributed by atoms with Gasteiger partial charge in [0, 0.05) is 18.2 Å². The molecule has 21 heavy (non-hydrogen) atoms. The third-order valence-electron chi connectivity index (χ3n) is 3.38. The van der Waals surface area contributed by atoms with E-state index in [2.05, 4.69) is 0 Å². The average molecular weight is 312 g/mol. The van der Waals surface area contributed by atoms with Crippen LogP contribution in [-0.2, 0) is 4.79 Å². The van der Waals surface area contributed by atoms with Crippen molar-refractivity contribution in [1.29, 1.82) is 0 Å². The second-order valence-corrected chi connectivity index (χ2v) is 5.26. The van der Waals surface area contributed by atoms with Crippen LogP contribution in [0.3, 0.4) is 0 Å². The largest absolute Gasteiger partial charge is 0.493 e. The first-order chi connectivity index (χ1) is 10.1. The maximum atomic E-state index is 12.1. The molecule has 0 aromatic heterocycles. The number of ether oxygens (including phenoxy) is 2. The number of carbonyl (C=O) groups is 2. The van der Waals surface area contributed by atoms with E-state index < -0.39 is 0 Å². The number of carbonyl (C=O) groups excluding carboxylic acids is 2. The highest BCUT2D eigenvalue weighted by atomic mass is 35.5. The smallest absolute Gasteiger partial charge is 0.260 e. The van der Waals surface area contributed by atoms with Crippen molar-refractivity contribution in [2.24, 2.45) is 0 Å². The lowest BCUT2D eigenvalue weighted by Gasteiger charge is -2.21. The van der Waals surface area contributed by atoms with Gasteiger partial charge in [0.1, 0.15) is 6.29 Å². The zero-order valence-corrected chi connectivity index (χ0v) is 12.9. The Labute approximate surface area is 128 Å².